The molecule has 0 spiro atoms. The van der Waals surface area contributed by atoms with E-state index in [0.29, 0.717) is 18.2 Å². The van der Waals surface area contributed by atoms with Crippen molar-refractivity contribution in [1.82, 2.24) is 10.2 Å². The van der Waals surface area contributed by atoms with Crippen molar-refractivity contribution < 1.29 is 14.3 Å². The van der Waals surface area contributed by atoms with E-state index in [1.807, 2.05) is 25.7 Å². The molecule has 122 valence electrons. The van der Waals surface area contributed by atoms with Gasteiger partial charge in [0.05, 0.1) is 6.10 Å². The summed E-state index contributed by atoms with van der Waals surface area (Å²) in [4.78, 5) is 14.0. The van der Waals surface area contributed by atoms with E-state index < -0.39 is 5.60 Å². The minimum atomic E-state index is -0.419. The Morgan fingerprint density at radius 1 is 1.24 bits per heavy atom. The minimum Gasteiger partial charge on any atom is -0.444 e. The maximum atomic E-state index is 12.1. The van der Waals surface area contributed by atoms with Crippen molar-refractivity contribution in [3.63, 3.8) is 0 Å². The van der Waals surface area contributed by atoms with Gasteiger partial charge in [0.1, 0.15) is 5.60 Å². The van der Waals surface area contributed by atoms with E-state index in [0.717, 1.165) is 45.4 Å². The zero-order valence-corrected chi connectivity index (χ0v) is 13.9. The molecule has 0 aromatic heterocycles. The van der Waals surface area contributed by atoms with Gasteiger partial charge in [-0.05, 0) is 53.4 Å². The highest BCUT2D eigenvalue weighted by Crippen LogP contribution is 2.19. The molecule has 2 heterocycles. The highest BCUT2D eigenvalue weighted by atomic mass is 16.6. The van der Waals surface area contributed by atoms with Crippen LogP contribution < -0.4 is 5.32 Å². The summed E-state index contributed by atoms with van der Waals surface area (Å²) in [5.74, 6) is 0. The fourth-order valence-corrected chi connectivity index (χ4v) is 3.03. The van der Waals surface area contributed by atoms with Crippen LogP contribution >= 0.6 is 0 Å². The van der Waals surface area contributed by atoms with E-state index >= 15 is 0 Å². The number of hydrogen-bond donors (Lipinski definition) is 1. The summed E-state index contributed by atoms with van der Waals surface area (Å²) >= 11 is 0. The maximum Gasteiger partial charge on any atom is 0.410 e. The van der Waals surface area contributed by atoms with Crippen LogP contribution in [0.5, 0.6) is 0 Å². The van der Waals surface area contributed by atoms with Gasteiger partial charge in [-0.15, -0.1) is 0 Å². The Hall–Kier alpha value is -0.810. The number of ether oxygens (including phenoxy) is 2. The number of carbonyl (C=O) groups is 1. The van der Waals surface area contributed by atoms with Crippen LogP contribution in [-0.2, 0) is 9.47 Å². The summed E-state index contributed by atoms with van der Waals surface area (Å²) in [6.07, 6.45) is 4.34. The Labute approximate surface area is 128 Å². The standard InChI is InChI=1S/C16H30N2O3/c1-12-14(8-11-20-12)17-13-6-5-9-18(10-7-13)15(19)21-16(2,3)4/h12-14,17H,5-11H2,1-4H3/t12-,13-,14-/m0/s1. The largest absolute Gasteiger partial charge is 0.444 e. The summed E-state index contributed by atoms with van der Waals surface area (Å²) in [5.41, 5.74) is -0.419. The number of carbonyl (C=O) groups excluding carboxylic acids is 1. The van der Waals surface area contributed by atoms with Crippen molar-refractivity contribution in [3.8, 4) is 0 Å². The molecule has 5 nitrogen and oxygen atoms in total. The van der Waals surface area contributed by atoms with Gasteiger partial charge in [0.25, 0.3) is 0 Å². The second kappa shape index (κ2) is 6.97. The number of nitrogens with one attached hydrogen (secondary N) is 1. The van der Waals surface area contributed by atoms with Crippen molar-refractivity contribution in [2.45, 2.75) is 77.2 Å². The Morgan fingerprint density at radius 3 is 2.62 bits per heavy atom. The maximum absolute atomic E-state index is 12.1. The molecule has 2 aliphatic heterocycles. The van der Waals surface area contributed by atoms with E-state index in [2.05, 4.69) is 12.2 Å². The molecule has 2 saturated heterocycles. The van der Waals surface area contributed by atoms with Gasteiger partial charge in [-0.25, -0.2) is 4.79 Å². The monoisotopic (exact) mass is 298 g/mol. The molecule has 1 N–H and O–H groups in total. The lowest BCUT2D eigenvalue weighted by molar-refractivity contribution is 0.0255. The molecule has 2 aliphatic rings. The topological polar surface area (TPSA) is 50.8 Å². The van der Waals surface area contributed by atoms with Gasteiger partial charge in [-0.3, -0.25) is 0 Å². The van der Waals surface area contributed by atoms with Crippen LogP contribution in [0.3, 0.4) is 0 Å². The fraction of sp³-hybridized carbons (Fsp3) is 0.938. The second-order valence-corrected chi connectivity index (χ2v) is 7.23. The van der Waals surface area contributed by atoms with Crippen LogP contribution in [0, 0.1) is 0 Å². The Balaban J connectivity index is 1.80. The van der Waals surface area contributed by atoms with E-state index in [1.54, 1.807) is 0 Å². The molecule has 0 radical (unpaired) electrons. The molecule has 2 rings (SSSR count). The van der Waals surface area contributed by atoms with Crippen molar-refractivity contribution in [2.24, 2.45) is 0 Å². The van der Waals surface area contributed by atoms with E-state index in [1.165, 1.54) is 0 Å². The van der Waals surface area contributed by atoms with Gasteiger partial charge >= 0.3 is 6.09 Å². The third kappa shape index (κ3) is 5.15. The smallest absolute Gasteiger partial charge is 0.410 e. The van der Waals surface area contributed by atoms with Gasteiger partial charge in [0.15, 0.2) is 0 Å². The highest BCUT2D eigenvalue weighted by molar-refractivity contribution is 5.68. The van der Waals surface area contributed by atoms with Crippen molar-refractivity contribution in [2.75, 3.05) is 19.7 Å². The van der Waals surface area contributed by atoms with Gasteiger partial charge in [-0.2, -0.15) is 0 Å². The molecule has 5 heteroatoms. The van der Waals surface area contributed by atoms with Crippen LogP contribution in [-0.4, -0.2) is 54.5 Å². The minimum absolute atomic E-state index is 0.180. The molecule has 0 aromatic carbocycles. The average Bonchev–Trinajstić information content (AvgIpc) is 2.62. The van der Waals surface area contributed by atoms with Gasteiger partial charge < -0.3 is 19.7 Å². The van der Waals surface area contributed by atoms with Crippen LogP contribution in [0.1, 0.15) is 53.4 Å². The summed E-state index contributed by atoms with van der Waals surface area (Å²) in [6.45, 7) is 10.3. The lowest BCUT2D eigenvalue weighted by Crippen LogP contribution is -2.43. The molecule has 0 aromatic rings. The summed E-state index contributed by atoms with van der Waals surface area (Å²) in [7, 11) is 0. The predicted octanol–water partition coefficient (Wildman–Crippen LogP) is 2.54. The molecule has 0 bridgehead atoms. The number of nitrogens with zero attached hydrogens (tertiary/aromatic N) is 1. The summed E-state index contributed by atoms with van der Waals surface area (Å²) in [6, 6.07) is 0.940. The van der Waals surface area contributed by atoms with Crippen LogP contribution in [0.4, 0.5) is 4.79 Å². The zero-order valence-electron chi connectivity index (χ0n) is 13.9. The quantitative estimate of drug-likeness (QED) is 0.851. The molecular formula is C16H30N2O3. The fourth-order valence-electron chi connectivity index (χ4n) is 3.03. The third-order valence-corrected chi connectivity index (χ3v) is 4.21. The SMILES string of the molecule is C[C@@H]1OCC[C@@H]1N[C@H]1CCCN(C(=O)OC(C)(C)C)CC1. The second-order valence-electron chi connectivity index (χ2n) is 7.23. The number of rotatable bonds is 2. The molecule has 1 amide bonds. The Kier molecular flexibility index (Phi) is 5.49. The first-order chi connectivity index (χ1) is 9.85. The predicted molar refractivity (Wildman–Crippen MR) is 82.4 cm³/mol. The van der Waals surface area contributed by atoms with Crippen LogP contribution in [0.15, 0.2) is 0 Å². The zero-order chi connectivity index (χ0) is 15.5. The molecule has 3 atom stereocenters. The normalized spacial score (nSPS) is 31.0. The lowest BCUT2D eigenvalue weighted by Gasteiger charge is -2.27. The first kappa shape index (κ1) is 16.6. The molecule has 0 saturated carbocycles. The first-order valence-corrected chi connectivity index (χ1v) is 8.21. The van der Waals surface area contributed by atoms with Crippen molar-refractivity contribution >= 4 is 6.09 Å². The highest BCUT2D eigenvalue weighted by Gasteiger charge is 2.29. The molecular weight excluding hydrogens is 268 g/mol. The third-order valence-electron chi connectivity index (χ3n) is 4.21. The Morgan fingerprint density at radius 2 is 2.00 bits per heavy atom. The lowest BCUT2D eigenvalue weighted by atomic mass is 10.1. The van der Waals surface area contributed by atoms with Crippen LogP contribution in [0.25, 0.3) is 0 Å². The van der Waals surface area contributed by atoms with Gasteiger partial charge in [0, 0.05) is 31.8 Å². The first-order valence-electron chi connectivity index (χ1n) is 8.21. The summed E-state index contributed by atoms with van der Waals surface area (Å²) < 4.78 is 11.1. The molecule has 0 unspecified atom stereocenters. The molecule has 2 fully saturated rings. The number of hydrogen-bond acceptors (Lipinski definition) is 4. The summed E-state index contributed by atoms with van der Waals surface area (Å²) in [5, 5.41) is 3.71. The van der Waals surface area contributed by atoms with Crippen molar-refractivity contribution in [3.05, 3.63) is 0 Å². The van der Waals surface area contributed by atoms with Crippen LogP contribution in [0.2, 0.25) is 0 Å². The average molecular weight is 298 g/mol. The number of amides is 1. The van der Waals surface area contributed by atoms with E-state index in [-0.39, 0.29) is 6.09 Å². The van der Waals surface area contributed by atoms with E-state index in [4.69, 9.17) is 9.47 Å². The molecule has 0 aliphatic carbocycles. The van der Waals surface area contributed by atoms with Gasteiger partial charge in [-0.1, -0.05) is 0 Å². The van der Waals surface area contributed by atoms with Gasteiger partial charge in [0.2, 0.25) is 0 Å². The number of likely N-dealkylation sites (tertiary alicyclic amines) is 1. The van der Waals surface area contributed by atoms with Crippen molar-refractivity contribution in [1.29, 1.82) is 0 Å². The van der Waals surface area contributed by atoms with E-state index in [9.17, 15) is 4.79 Å². The molecule has 21 heavy (non-hydrogen) atoms. The Bertz CT molecular complexity index is 354.